The van der Waals surface area contributed by atoms with E-state index in [2.05, 4.69) is 15.4 Å². The summed E-state index contributed by atoms with van der Waals surface area (Å²) >= 11 is 5.91. The lowest BCUT2D eigenvalue weighted by Crippen LogP contribution is -2.15. The molecule has 0 atom stereocenters. The van der Waals surface area contributed by atoms with E-state index in [1.165, 1.54) is 4.68 Å². The number of anilines is 1. The minimum atomic E-state index is -0.324. The smallest absolute Gasteiger partial charge is 0.300 e. The van der Waals surface area contributed by atoms with Crippen molar-refractivity contribution in [3.05, 3.63) is 75.9 Å². The highest BCUT2D eigenvalue weighted by Gasteiger charge is 2.28. The number of nitrogens with one attached hydrogen (secondary N) is 1. The molecular weight excluding hydrogens is 326 g/mol. The van der Waals surface area contributed by atoms with Crippen molar-refractivity contribution in [3.63, 3.8) is 0 Å². The van der Waals surface area contributed by atoms with E-state index in [0.29, 0.717) is 22.0 Å². The van der Waals surface area contributed by atoms with Crippen LogP contribution in [0, 0.1) is 12.3 Å². The Bertz CT molecular complexity index is 926. The Hall–Kier alpha value is -3.17. The van der Waals surface area contributed by atoms with Gasteiger partial charge in [0, 0.05) is 10.6 Å². The summed E-state index contributed by atoms with van der Waals surface area (Å²) in [4.78, 5) is 15.7. The maximum absolute atomic E-state index is 12.4. The van der Waals surface area contributed by atoms with Crippen molar-refractivity contribution in [3.8, 4) is 5.69 Å². The Morgan fingerprint density at radius 2 is 1.83 bits per heavy atom. The van der Waals surface area contributed by atoms with Gasteiger partial charge in [0.05, 0.1) is 5.69 Å². The maximum atomic E-state index is 12.4. The Morgan fingerprint density at radius 1 is 1.17 bits per heavy atom. The van der Waals surface area contributed by atoms with Crippen LogP contribution in [0.25, 0.3) is 10.7 Å². The molecular formula is C17H13ClN5O+. The van der Waals surface area contributed by atoms with Gasteiger partial charge in [0.25, 0.3) is 5.91 Å². The topological polar surface area (TPSA) is 75.1 Å². The van der Waals surface area contributed by atoms with Gasteiger partial charge in [0.1, 0.15) is 0 Å². The number of rotatable bonds is 3. The predicted octanol–water partition coefficient (Wildman–Crippen LogP) is 4.57. The summed E-state index contributed by atoms with van der Waals surface area (Å²) in [5.41, 5.74) is 1.86. The number of hydrogen-bond acceptors (Lipinski definition) is 3. The first-order valence-electron chi connectivity index (χ1n) is 7.17. The van der Waals surface area contributed by atoms with Gasteiger partial charge in [-0.3, -0.25) is 10.1 Å². The molecule has 6 nitrogen and oxygen atoms in total. The van der Waals surface area contributed by atoms with E-state index in [9.17, 15) is 10.2 Å². The number of aromatic nitrogens is 2. The predicted molar refractivity (Wildman–Crippen MR) is 92.5 cm³/mol. The van der Waals surface area contributed by atoms with Crippen LogP contribution < -0.4 is 5.32 Å². The summed E-state index contributed by atoms with van der Waals surface area (Å²) in [6.07, 6.45) is 0. The van der Waals surface area contributed by atoms with E-state index in [4.69, 9.17) is 11.6 Å². The van der Waals surface area contributed by atoms with Gasteiger partial charge in [0.15, 0.2) is 10.7 Å². The van der Waals surface area contributed by atoms with Gasteiger partial charge in [-0.15, -0.1) is 0 Å². The number of benzene rings is 2. The highest BCUT2D eigenvalue weighted by Crippen LogP contribution is 2.32. The number of halogens is 1. The number of carbonyl (C=O) groups is 1. The summed E-state index contributed by atoms with van der Waals surface area (Å²) in [6.45, 7) is 1.69. The molecule has 0 aliphatic rings. The quantitative estimate of drug-likeness (QED) is 0.711. The fourth-order valence-electron chi connectivity index (χ4n) is 2.29. The van der Waals surface area contributed by atoms with E-state index >= 15 is 0 Å². The van der Waals surface area contributed by atoms with Crippen LogP contribution in [0.1, 0.15) is 16.1 Å². The maximum Gasteiger partial charge on any atom is 0.449 e. The molecule has 24 heavy (non-hydrogen) atoms. The Kier molecular flexibility index (Phi) is 4.27. The highest BCUT2D eigenvalue weighted by atomic mass is 35.5. The van der Waals surface area contributed by atoms with Crippen LogP contribution in [-0.4, -0.2) is 15.7 Å². The molecule has 0 spiro atoms. The van der Waals surface area contributed by atoms with Crippen LogP contribution in [0.5, 0.6) is 0 Å². The second-order valence-electron chi connectivity index (χ2n) is 5.09. The number of carbonyl (C=O) groups excluding carboxylic acids is 1. The fraction of sp³-hybridized carbons (Fsp3) is 0.0588. The zero-order valence-corrected chi connectivity index (χ0v) is 13.5. The molecule has 1 heterocycles. The highest BCUT2D eigenvalue weighted by molar-refractivity contribution is 6.30. The van der Waals surface area contributed by atoms with Crippen LogP contribution in [0.4, 0.5) is 11.5 Å². The molecule has 0 saturated heterocycles. The van der Waals surface area contributed by atoms with Gasteiger partial charge in [0.2, 0.25) is 11.2 Å². The van der Waals surface area contributed by atoms with E-state index < -0.39 is 0 Å². The van der Waals surface area contributed by atoms with E-state index in [1.807, 2.05) is 6.07 Å². The first-order chi connectivity index (χ1) is 11.6. The zero-order valence-electron chi connectivity index (χ0n) is 12.8. The molecule has 0 bridgehead atoms. The summed E-state index contributed by atoms with van der Waals surface area (Å²) in [5, 5.41) is 17.0. The van der Waals surface area contributed by atoms with Gasteiger partial charge in [-0.25, -0.2) is 4.68 Å². The van der Waals surface area contributed by atoms with Crippen molar-refractivity contribution in [1.29, 1.82) is 5.39 Å². The van der Waals surface area contributed by atoms with Crippen molar-refractivity contribution in [2.24, 2.45) is 0 Å². The molecule has 7 heteroatoms. The van der Waals surface area contributed by atoms with Crippen LogP contribution in [0.3, 0.4) is 0 Å². The van der Waals surface area contributed by atoms with Crippen LogP contribution in [0.15, 0.2) is 54.6 Å². The SMILES string of the molecule is Cc1nn(-c2ccc(Cl)cc2)c(NC(=O)c2ccccc2)c1[N+]#N. The molecule has 2 aromatic carbocycles. The molecule has 1 aromatic heterocycles. The van der Waals surface area contributed by atoms with Crippen LogP contribution in [-0.2, 0) is 0 Å². The molecule has 0 aliphatic carbocycles. The number of amides is 1. The van der Waals surface area contributed by atoms with E-state index in [0.717, 1.165) is 0 Å². The largest absolute Gasteiger partial charge is 0.449 e. The molecule has 3 aromatic rings. The van der Waals surface area contributed by atoms with Crippen LogP contribution in [0.2, 0.25) is 5.02 Å². The van der Waals surface area contributed by atoms with Gasteiger partial charge in [-0.1, -0.05) is 29.8 Å². The number of nitrogens with zero attached hydrogens (tertiary/aromatic N) is 4. The Labute approximate surface area is 143 Å². The molecule has 118 valence electrons. The second-order valence-corrected chi connectivity index (χ2v) is 5.53. The van der Waals surface area contributed by atoms with Gasteiger partial charge in [-0.05, 0) is 43.3 Å². The van der Waals surface area contributed by atoms with E-state index in [-0.39, 0.29) is 17.4 Å². The van der Waals surface area contributed by atoms with E-state index in [1.54, 1.807) is 55.5 Å². The molecule has 1 N–H and O–H groups in total. The van der Waals surface area contributed by atoms with Crippen molar-refractivity contribution in [1.82, 2.24) is 9.78 Å². The molecule has 0 radical (unpaired) electrons. The minimum Gasteiger partial charge on any atom is -0.300 e. The monoisotopic (exact) mass is 338 g/mol. The lowest BCUT2D eigenvalue weighted by atomic mass is 10.2. The standard InChI is InChI=1S/C17H12ClN5O/c1-11-15(21-19)16(20-17(24)12-5-3-2-4-6-12)23(22-11)14-9-7-13(18)8-10-14/h2-10H,1H3/p+1. The average molecular weight is 339 g/mol. The normalized spacial score (nSPS) is 10.2. The third-order valence-corrected chi connectivity index (χ3v) is 3.72. The summed E-state index contributed by atoms with van der Waals surface area (Å²) in [6, 6.07) is 15.7. The lowest BCUT2D eigenvalue weighted by Gasteiger charge is -2.07. The number of hydrogen-bond donors (Lipinski definition) is 1. The van der Waals surface area contributed by atoms with Gasteiger partial charge < -0.3 is 0 Å². The molecule has 0 unspecified atom stereocenters. The van der Waals surface area contributed by atoms with Crippen LogP contribution >= 0.6 is 11.6 Å². The van der Waals surface area contributed by atoms with Crippen molar-refractivity contribution >= 4 is 29.0 Å². The zero-order chi connectivity index (χ0) is 17.1. The van der Waals surface area contributed by atoms with Gasteiger partial charge >= 0.3 is 5.69 Å². The Morgan fingerprint density at radius 3 is 2.46 bits per heavy atom. The van der Waals surface area contributed by atoms with Crippen molar-refractivity contribution < 1.29 is 4.79 Å². The fourth-order valence-corrected chi connectivity index (χ4v) is 2.42. The molecule has 0 aliphatic heterocycles. The van der Waals surface area contributed by atoms with Crippen molar-refractivity contribution in [2.45, 2.75) is 6.92 Å². The summed E-state index contributed by atoms with van der Waals surface area (Å²) < 4.78 is 1.50. The molecule has 0 fully saturated rings. The van der Waals surface area contributed by atoms with Crippen molar-refractivity contribution in [2.75, 3.05) is 5.32 Å². The number of diazo groups is 1. The third kappa shape index (κ3) is 2.98. The average Bonchev–Trinajstić information content (AvgIpc) is 2.91. The Balaban J connectivity index is 2.04. The third-order valence-electron chi connectivity index (χ3n) is 3.47. The number of aryl methyl sites for hydroxylation is 1. The minimum absolute atomic E-state index is 0.203. The first kappa shape index (κ1) is 15.7. The first-order valence-corrected chi connectivity index (χ1v) is 7.55. The summed E-state index contributed by atoms with van der Waals surface area (Å²) in [7, 11) is 0. The molecule has 1 amide bonds. The summed E-state index contributed by atoms with van der Waals surface area (Å²) in [5.74, 6) is -0.0400. The molecule has 3 rings (SSSR count). The molecule has 0 saturated carbocycles. The second kappa shape index (κ2) is 6.52. The van der Waals surface area contributed by atoms with Gasteiger partial charge in [-0.2, -0.15) is 5.10 Å². The lowest BCUT2D eigenvalue weighted by molar-refractivity contribution is 0.102.